The van der Waals surface area contributed by atoms with Gasteiger partial charge in [0.05, 0.1) is 0 Å². The molecule has 0 aromatic heterocycles. The van der Waals surface area contributed by atoms with Crippen molar-refractivity contribution >= 4 is 5.91 Å². The number of nitrogens with two attached hydrogens (primary N) is 1. The summed E-state index contributed by atoms with van der Waals surface area (Å²) in [6.07, 6.45) is 11.0. The van der Waals surface area contributed by atoms with Crippen LogP contribution < -0.4 is 11.1 Å². The maximum Gasteiger partial charge on any atom is 0.226 e. The molecule has 5 rings (SSSR count). The first-order valence-corrected chi connectivity index (χ1v) is 8.21. The number of amides is 1. The van der Waals surface area contributed by atoms with E-state index in [0.29, 0.717) is 5.91 Å². The van der Waals surface area contributed by atoms with Gasteiger partial charge in [0.15, 0.2) is 0 Å². The molecule has 4 bridgehead atoms. The van der Waals surface area contributed by atoms with E-state index in [4.69, 9.17) is 5.73 Å². The first-order valence-electron chi connectivity index (χ1n) is 8.21. The molecule has 3 N–H and O–H groups in total. The Kier molecular flexibility index (Phi) is 2.70. The van der Waals surface area contributed by atoms with Crippen LogP contribution in [0.25, 0.3) is 0 Å². The summed E-state index contributed by atoms with van der Waals surface area (Å²) in [7, 11) is 0. The van der Waals surface area contributed by atoms with Crippen molar-refractivity contribution in [2.24, 2.45) is 28.9 Å². The monoisotopic (exact) mass is 262 g/mol. The minimum absolute atomic E-state index is 0.00292. The van der Waals surface area contributed by atoms with Crippen LogP contribution in [0.2, 0.25) is 0 Å². The Hall–Kier alpha value is -0.570. The van der Waals surface area contributed by atoms with Gasteiger partial charge in [0.25, 0.3) is 0 Å². The summed E-state index contributed by atoms with van der Waals surface area (Å²) in [6, 6.07) is 0.443. The minimum atomic E-state index is -0.00292. The highest BCUT2D eigenvalue weighted by Gasteiger charge is 2.54. The van der Waals surface area contributed by atoms with Gasteiger partial charge >= 0.3 is 0 Å². The summed E-state index contributed by atoms with van der Waals surface area (Å²) < 4.78 is 0. The highest BCUT2D eigenvalue weighted by molar-refractivity contribution is 5.83. The predicted octanol–water partition coefficient (Wildman–Crippen LogP) is 2.20. The van der Waals surface area contributed by atoms with Gasteiger partial charge in [0.1, 0.15) is 0 Å². The van der Waals surface area contributed by atoms with E-state index in [1.165, 1.54) is 25.7 Å². The standard InChI is InChI=1S/C16H26N2O/c17-13-2-1-3-14(13)18-15(19)16-7-10-4-11(8-16)6-12(5-10)9-16/h10-14H,1-9,17H2,(H,18,19). The van der Waals surface area contributed by atoms with Gasteiger partial charge in [-0.25, -0.2) is 0 Å². The summed E-state index contributed by atoms with van der Waals surface area (Å²) in [6.45, 7) is 0. The molecular weight excluding hydrogens is 236 g/mol. The van der Waals surface area contributed by atoms with Gasteiger partial charge in [-0.1, -0.05) is 0 Å². The van der Waals surface area contributed by atoms with Gasteiger partial charge < -0.3 is 11.1 Å². The van der Waals surface area contributed by atoms with Crippen LogP contribution in [0.1, 0.15) is 57.8 Å². The van der Waals surface area contributed by atoms with E-state index in [-0.39, 0.29) is 17.5 Å². The van der Waals surface area contributed by atoms with Crippen molar-refractivity contribution < 1.29 is 4.79 Å². The van der Waals surface area contributed by atoms with Gasteiger partial charge in [0, 0.05) is 17.5 Å². The molecule has 5 aliphatic carbocycles. The number of carbonyl (C=O) groups excluding carboxylic acids is 1. The van der Waals surface area contributed by atoms with Crippen molar-refractivity contribution in [3.05, 3.63) is 0 Å². The lowest BCUT2D eigenvalue weighted by molar-refractivity contribution is -0.147. The zero-order chi connectivity index (χ0) is 13.0. The molecule has 2 unspecified atom stereocenters. The Bertz CT molecular complexity index is 357. The molecule has 0 spiro atoms. The zero-order valence-corrected chi connectivity index (χ0v) is 11.7. The quantitative estimate of drug-likeness (QED) is 0.801. The number of rotatable bonds is 2. The van der Waals surface area contributed by atoms with Crippen molar-refractivity contribution in [1.29, 1.82) is 0 Å². The third-order valence-electron chi connectivity index (χ3n) is 6.41. The predicted molar refractivity (Wildman–Crippen MR) is 74.4 cm³/mol. The van der Waals surface area contributed by atoms with Gasteiger partial charge in [-0.15, -0.1) is 0 Å². The molecule has 106 valence electrons. The second kappa shape index (κ2) is 4.21. The molecule has 19 heavy (non-hydrogen) atoms. The van der Waals surface area contributed by atoms with Crippen LogP contribution in [-0.4, -0.2) is 18.0 Å². The molecule has 3 heteroatoms. The molecule has 0 radical (unpaired) electrons. The fraction of sp³-hybridized carbons (Fsp3) is 0.938. The average molecular weight is 262 g/mol. The molecule has 0 heterocycles. The Balaban J connectivity index is 1.50. The number of hydrogen-bond acceptors (Lipinski definition) is 2. The van der Waals surface area contributed by atoms with E-state index in [2.05, 4.69) is 5.32 Å². The van der Waals surface area contributed by atoms with Crippen LogP contribution >= 0.6 is 0 Å². The highest BCUT2D eigenvalue weighted by atomic mass is 16.2. The third-order valence-corrected chi connectivity index (χ3v) is 6.41. The molecule has 0 aliphatic heterocycles. The summed E-state index contributed by atoms with van der Waals surface area (Å²) in [5.41, 5.74) is 6.10. The fourth-order valence-corrected chi connectivity index (χ4v) is 5.88. The van der Waals surface area contributed by atoms with E-state index in [1.807, 2.05) is 0 Å². The fourth-order valence-electron chi connectivity index (χ4n) is 5.88. The lowest BCUT2D eigenvalue weighted by Gasteiger charge is -2.55. The van der Waals surface area contributed by atoms with E-state index in [0.717, 1.165) is 49.9 Å². The Morgan fingerprint density at radius 3 is 2.05 bits per heavy atom. The van der Waals surface area contributed by atoms with Crippen LogP contribution in [0.3, 0.4) is 0 Å². The van der Waals surface area contributed by atoms with Crippen LogP contribution in [-0.2, 0) is 4.79 Å². The molecule has 5 fully saturated rings. The van der Waals surface area contributed by atoms with E-state index in [9.17, 15) is 4.79 Å². The van der Waals surface area contributed by atoms with Gasteiger partial charge in [-0.3, -0.25) is 4.79 Å². The molecule has 5 aliphatic rings. The molecule has 0 saturated heterocycles. The summed E-state index contributed by atoms with van der Waals surface area (Å²) in [5.74, 6) is 2.88. The molecule has 1 amide bonds. The van der Waals surface area contributed by atoms with Crippen molar-refractivity contribution in [2.75, 3.05) is 0 Å². The van der Waals surface area contributed by atoms with Crippen LogP contribution in [0.15, 0.2) is 0 Å². The summed E-state index contributed by atoms with van der Waals surface area (Å²) in [4.78, 5) is 12.8. The van der Waals surface area contributed by atoms with E-state index in [1.54, 1.807) is 0 Å². The van der Waals surface area contributed by atoms with Crippen molar-refractivity contribution in [3.8, 4) is 0 Å². The van der Waals surface area contributed by atoms with Crippen LogP contribution in [0, 0.1) is 23.2 Å². The van der Waals surface area contributed by atoms with Crippen LogP contribution in [0.5, 0.6) is 0 Å². The molecule has 2 atom stereocenters. The topological polar surface area (TPSA) is 55.1 Å². The SMILES string of the molecule is NC1CCCC1NC(=O)C12CC3CC(CC(C3)C1)C2. The largest absolute Gasteiger partial charge is 0.351 e. The highest BCUT2D eigenvalue weighted by Crippen LogP contribution is 2.60. The average Bonchev–Trinajstić information content (AvgIpc) is 2.73. The zero-order valence-electron chi connectivity index (χ0n) is 11.7. The minimum Gasteiger partial charge on any atom is -0.351 e. The van der Waals surface area contributed by atoms with Crippen molar-refractivity contribution in [1.82, 2.24) is 5.32 Å². The maximum atomic E-state index is 12.8. The molecule has 0 aromatic carbocycles. The second-order valence-corrected chi connectivity index (χ2v) is 7.87. The summed E-state index contributed by atoms with van der Waals surface area (Å²) >= 11 is 0. The maximum absolute atomic E-state index is 12.8. The van der Waals surface area contributed by atoms with E-state index < -0.39 is 0 Å². The molecular formula is C16H26N2O. The van der Waals surface area contributed by atoms with Crippen molar-refractivity contribution in [3.63, 3.8) is 0 Å². The smallest absolute Gasteiger partial charge is 0.226 e. The van der Waals surface area contributed by atoms with Gasteiger partial charge in [-0.05, 0) is 75.5 Å². The molecule has 0 aromatic rings. The van der Waals surface area contributed by atoms with Gasteiger partial charge in [0.2, 0.25) is 5.91 Å². The normalized spacial score (nSPS) is 51.5. The first kappa shape index (κ1) is 12.2. The number of hydrogen-bond donors (Lipinski definition) is 2. The Morgan fingerprint density at radius 1 is 1.00 bits per heavy atom. The second-order valence-electron chi connectivity index (χ2n) is 7.87. The number of carbonyl (C=O) groups is 1. The first-order chi connectivity index (χ1) is 9.14. The third kappa shape index (κ3) is 1.93. The van der Waals surface area contributed by atoms with E-state index >= 15 is 0 Å². The lowest BCUT2D eigenvalue weighted by atomic mass is 9.49. The van der Waals surface area contributed by atoms with Crippen LogP contribution in [0.4, 0.5) is 0 Å². The van der Waals surface area contributed by atoms with Crippen molar-refractivity contribution in [2.45, 2.75) is 69.9 Å². The summed E-state index contributed by atoms with van der Waals surface area (Å²) in [5, 5.41) is 3.32. The molecule has 3 nitrogen and oxygen atoms in total. The Labute approximate surface area is 115 Å². The number of nitrogens with one attached hydrogen (secondary N) is 1. The Morgan fingerprint density at radius 2 is 1.58 bits per heavy atom. The lowest BCUT2D eigenvalue weighted by Crippen LogP contribution is -2.56. The molecule has 5 saturated carbocycles. The van der Waals surface area contributed by atoms with Gasteiger partial charge in [-0.2, -0.15) is 0 Å².